The molecule has 1 N–H and O–H groups in total. The zero-order valence-corrected chi connectivity index (χ0v) is 21.9. The Balaban J connectivity index is 1.27. The van der Waals surface area contributed by atoms with E-state index < -0.39 is 5.72 Å². The maximum Gasteiger partial charge on any atom is 0.319 e. The minimum Gasteiger partial charge on any atom is -0.347 e. The molecular formula is C28H44N2O4. The van der Waals surface area contributed by atoms with Crippen LogP contribution in [0.4, 0.5) is 4.79 Å². The van der Waals surface area contributed by atoms with Gasteiger partial charge in [0, 0.05) is 24.8 Å². The summed E-state index contributed by atoms with van der Waals surface area (Å²) in [5, 5.41) is 3.01. The Hall–Kier alpha value is -1.11. The maximum absolute atomic E-state index is 12.9. The van der Waals surface area contributed by atoms with Crippen molar-refractivity contribution < 1.29 is 19.0 Å². The lowest BCUT2D eigenvalue weighted by molar-refractivity contribution is -0.193. The molecule has 0 bridgehead atoms. The largest absolute Gasteiger partial charge is 0.347 e. The molecule has 0 aromatic rings. The van der Waals surface area contributed by atoms with Crippen molar-refractivity contribution in [3.63, 3.8) is 0 Å². The Bertz CT molecular complexity index is 895. The van der Waals surface area contributed by atoms with E-state index in [-0.39, 0.29) is 28.2 Å². The average Bonchev–Trinajstić information content (AvgIpc) is 3.44. The molecule has 6 heteroatoms. The molecule has 34 heavy (non-hydrogen) atoms. The van der Waals surface area contributed by atoms with Gasteiger partial charge in [0.05, 0.1) is 25.4 Å². The molecule has 6 nitrogen and oxygen atoms in total. The predicted octanol–water partition coefficient (Wildman–Crippen LogP) is 5.23. The number of urea groups is 1. The highest BCUT2D eigenvalue weighted by Crippen LogP contribution is 2.70. The van der Waals surface area contributed by atoms with Crippen molar-refractivity contribution in [3.8, 4) is 0 Å². The Labute approximate surface area is 205 Å². The molecule has 2 aliphatic heterocycles. The molecule has 0 radical (unpaired) electrons. The standard InChI is InChI=1S/C28H44N2O4/c1-6-29-23(31)30-18-27(34-24(30,2)3)12-10-22-20-8-7-19-17-28(32-15-16-33-28)14-13-25(19,4)21(20)9-11-26(22,27)5/h7,20-22H,6,8-18H2,1-5H3,(H,29,31)/t20-,21+,22+,25+,26+,27-/m1/s1. The summed E-state index contributed by atoms with van der Waals surface area (Å²) < 4.78 is 19.2. The predicted molar refractivity (Wildman–Crippen MR) is 130 cm³/mol. The molecule has 4 aliphatic carbocycles. The van der Waals surface area contributed by atoms with Crippen molar-refractivity contribution in [2.45, 2.75) is 103 Å². The maximum atomic E-state index is 12.9. The number of allylic oxidation sites excluding steroid dienone is 1. The van der Waals surface area contributed by atoms with Gasteiger partial charge in [-0.25, -0.2) is 4.79 Å². The number of ether oxygens (including phenoxy) is 3. The van der Waals surface area contributed by atoms with E-state index in [1.807, 2.05) is 11.8 Å². The summed E-state index contributed by atoms with van der Waals surface area (Å²) in [4.78, 5) is 14.9. The van der Waals surface area contributed by atoms with Crippen LogP contribution in [0.1, 0.15) is 86.0 Å². The van der Waals surface area contributed by atoms with Crippen molar-refractivity contribution in [1.82, 2.24) is 10.2 Å². The van der Waals surface area contributed by atoms with Crippen molar-refractivity contribution in [2.24, 2.45) is 28.6 Å². The number of nitrogens with one attached hydrogen (secondary N) is 1. The summed E-state index contributed by atoms with van der Waals surface area (Å²) in [5.74, 6) is 1.75. The second kappa shape index (κ2) is 7.45. The van der Waals surface area contributed by atoms with Crippen molar-refractivity contribution in [2.75, 3.05) is 26.3 Å². The van der Waals surface area contributed by atoms with E-state index >= 15 is 0 Å². The third kappa shape index (κ3) is 3.00. The van der Waals surface area contributed by atoms with E-state index in [0.29, 0.717) is 24.9 Å². The molecular weight excluding hydrogens is 428 g/mol. The molecule has 6 rings (SSSR count). The average molecular weight is 473 g/mol. The van der Waals surface area contributed by atoms with Crippen molar-refractivity contribution in [1.29, 1.82) is 0 Å². The third-order valence-electron chi connectivity index (χ3n) is 11.3. The quantitative estimate of drug-likeness (QED) is 0.531. The van der Waals surface area contributed by atoms with Gasteiger partial charge in [-0.05, 0) is 82.5 Å². The lowest BCUT2D eigenvalue weighted by atomic mass is 9.46. The number of nitrogens with zero attached hydrogens (tertiary/aromatic N) is 1. The van der Waals surface area contributed by atoms with Gasteiger partial charge in [0.1, 0.15) is 5.72 Å². The Morgan fingerprint density at radius 1 is 1.06 bits per heavy atom. The molecule has 5 fully saturated rings. The third-order valence-corrected chi connectivity index (χ3v) is 11.3. The number of carbonyl (C=O) groups is 1. The summed E-state index contributed by atoms with van der Waals surface area (Å²) in [6.07, 6.45) is 11.6. The Morgan fingerprint density at radius 3 is 2.53 bits per heavy atom. The van der Waals surface area contributed by atoms with Gasteiger partial charge in [-0.15, -0.1) is 0 Å². The van der Waals surface area contributed by atoms with Gasteiger partial charge in [0.2, 0.25) is 0 Å². The SMILES string of the molecule is CCNC(=O)N1C[C@@]2(CC[C@H]3[C@@H]4CC=C5CC6(CC[C@]5(C)[C@H]4CC[C@@]32C)OCCO6)OC1(C)C. The van der Waals surface area contributed by atoms with Crippen LogP contribution in [0.5, 0.6) is 0 Å². The van der Waals surface area contributed by atoms with Crippen LogP contribution in [-0.2, 0) is 14.2 Å². The van der Waals surface area contributed by atoms with E-state index in [9.17, 15) is 4.79 Å². The molecule has 0 aromatic carbocycles. The van der Waals surface area contributed by atoms with Crippen LogP contribution in [0, 0.1) is 28.6 Å². The minimum absolute atomic E-state index is 0.00958. The van der Waals surface area contributed by atoms with Gasteiger partial charge in [-0.1, -0.05) is 25.5 Å². The van der Waals surface area contributed by atoms with Gasteiger partial charge >= 0.3 is 6.03 Å². The van der Waals surface area contributed by atoms with Crippen LogP contribution >= 0.6 is 0 Å². The number of carbonyl (C=O) groups excluding carboxylic acids is 1. The first-order chi connectivity index (χ1) is 16.1. The fourth-order valence-electron chi connectivity index (χ4n) is 9.44. The zero-order chi connectivity index (χ0) is 24.0. The highest BCUT2D eigenvalue weighted by molar-refractivity contribution is 5.75. The summed E-state index contributed by atoms with van der Waals surface area (Å²) in [6, 6.07) is 0.00958. The van der Waals surface area contributed by atoms with Crippen LogP contribution < -0.4 is 5.32 Å². The molecule has 2 spiro atoms. The van der Waals surface area contributed by atoms with E-state index in [4.69, 9.17) is 14.2 Å². The van der Waals surface area contributed by atoms with Gasteiger partial charge in [0.25, 0.3) is 0 Å². The van der Waals surface area contributed by atoms with Crippen molar-refractivity contribution in [3.05, 3.63) is 11.6 Å². The van der Waals surface area contributed by atoms with Crippen LogP contribution in [0.25, 0.3) is 0 Å². The number of amides is 2. The summed E-state index contributed by atoms with van der Waals surface area (Å²) in [6.45, 7) is 14.0. The van der Waals surface area contributed by atoms with Gasteiger partial charge in [-0.3, -0.25) is 4.90 Å². The number of fused-ring (bicyclic) bond motifs is 6. The fourth-order valence-corrected chi connectivity index (χ4v) is 9.44. The summed E-state index contributed by atoms with van der Waals surface area (Å²) >= 11 is 0. The first kappa shape index (κ1) is 23.3. The Kier molecular flexibility index (Phi) is 5.11. The van der Waals surface area contributed by atoms with Gasteiger partial charge in [-0.2, -0.15) is 0 Å². The summed E-state index contributed by atoms with van der Waals surface area (Å²) in [7, 11) is 0. The molecule has 0 unspecified atom stereocenters. The molecule has 0 aromatic heterocycles. The molecule has 190 valence electrons. The molecule has 2 saturated heterocycles. The molecule has 2 heterocycles. The fraction of sp³-hybridized carbons (Fsp3) is 0.893. The van der Waals surface area contributed by atoms with Crippen LogP contribution in [-0.4, -0.2) is 54.3 Å². The lowest BCUT2D eigenvalue weighted by Gasteiger charge is -2.59. The van der Waals surface area contributed by atoms with E-state index in [1.54, 1.807) is 5.57 Å². The molecule has 6 atom stereocenters. The topological polar surface area (TPSA) is 60.0 Å². The van der Waals surface area contributed by atoms with Crippen LogP contribution in [0.3, 0.4) is 0 Å². The van der Waals surface area contributed by atoms with Crippen LogP contribution in [0.2, 0.25) is 0 Å². The first-order valence-electron chi connectivity index (χ1n) is 13.8. The molecule has 6 aliphatic rings. The molecule has 3 saturated carbocycles. The number of rotatable bonds is 1. The van der Waals surface area contributed by atoms with Crippen molar-refractivity contribution >= 4 is 6.03 Å². The number of hydrogen-bond donors (Lipinski definition) is 1. The summed E-state index contributed by atoms with van der Waals surface area (Å²) in [5.41, 5.74) is 1.17. The van der Waals surface area contributed by atoms with E-state index in [2.05, 4.69) is 39.1 Å². The monoisotopic (exact) mass is 472 g/mol. The van der Waals surface area contributed by atoms with E-state index in [1.165, 1.54) is 32.1 Å². The number of hydrogen-bond acceptors (Lipinski definition) is 4. The lowest BCUT2D eigenvalue weighted by Crippen LogP contribution is -2.56. The highest BCUT2D eigenvalue weighted by Gasteiger charge is 2.69. The first-order valence-corrected chi connectivity index (χ1v) is 13.8. The normalized spacial score (nSPS) is 46.2. The van der Waals surface area contributed by atoms with Gasteiger partial charge < -0.3 is 19.5 Å². The van der Waals surface area contributed by atoms with E-state index in [0.717, 1.165) is 38.4 Å². The molecule has 2 amide bonds. The highest BCUT2D eigenvalue weighted by atomic mass is 16.7. The van der Waals surface area contributed by atoms with Gasteiger partial charge in [0.15, 0.2) is 5.79 Å². The second-order valence-electron chi connectivity index (χ2n) is 13.0. The Morgan fingerprint density at radius 2 is 1.79 bits per heavy atom. The zero-order valence-electron chi connectivity index (χ0n) is 21.9. The smallest absolute Gasteiger partial charge is 0.319 e. The second-order valence-corrected chi connectivity index (χ2v) is 13.0. The van der Waals surface area contributed by atoms with Crippen LogP contribution in [0.15, 0.2) is 11.6 Å². The minimum atomic E-state index is -0.571.